The number of ether oxygens (including phenoxy) is 2. The molecule has 2 rings (SSSR count). The van der Waals surface area contributed by atoms with E-state index in [9.17, 15) is 9.59 Å². The molecule has 0 radical (unpaired) electrons. The number of rotatable bonds is 6. The molecule has 132 valence electrons. The fraction of sp³-hybridized carbons (Fsp3) is 0.222. The Bertz CT molecular complexity index is 717. The summed E-state index contributed by atoms with van der Waals surface area (Å²) >= 11 is 2.15. The zero-order valence-corrected chi connectivity index (χ0v) is 16.1. The minimum absolute atomic E-state index is 0.391. The fourth-order valence-electron chi connectivity index (χ4n) is 1.93. The predicted molar refractivity (Wildman–Crippen MR) is 102 cm³/mol. The molecule has 2 aromatic carbocycles. The Hall–Kier alpha value is -2.29. The lowest BCUT2D eigenvalue weighted by molar-refractivity contribution is -0.128. The van der Waals surface area contributed by atoms with Gasteiger partial charge in [0.2, 0.25) is 0 Å². The second-order valence-electron chi connectivity index (χ2n) is 5.11. The van der Waals surface area contributed by atoms with Crippen LogP contribution < -0.4 is 20.3 Å². The number of halogens is 1. The minimum Gasteiger partial charge on any atom is -0.494 e. The Balaban J connectivity index is 1.83. The van der Waals surface area contributed by atoms with Crippen molar-refractivity contribution in [3.63, 3.8) is 0 Å². The number of hydrazine groups is 1. The van der Waals surface area contributed by atoms with Crippen LogP contribution in [0.4, 0.5) is 0 Å². The van der Waals surface area contributed by atoms with Gasteiger partial charge in [0.1, 0.15) is 11.5 Å². The second kappa shape index (κ2) is 9.26. The van der Waals surface area contributed by atoms with Gasteiger partial charge in [-0.05, 0) is 85.0 Å². The Kier molecular flexibility index (Phi) is 7.05. The van der Waals surface area contributed by atoms with Crippen molar-refractivity contribution >= 4 is 34.4 Å². The van der Waals surface area contributed by atoms with Crippen LogP contribution in [0.15, 0.2) is 48.5 Å². The molecule has 0 aliphatic rings. The highest BCUT2D eigenvalue weighted by Crippen LogP contribution is 2.18. The largest absolute Gasteiger partial charge is 0.494 e. The van der Waals surface area contributed by atoms with Crippen molar-refractivity contribution in [1.29, 1.82) is 0 Å². The molecule has 2 amide bonds. The Morgan fingerprint density at radius 1 is 1.00 bits per heavy atom. The van der Waals surface area contributed by atoms with Gasteiger partial charge >= 0.3 is 0 Å². The van der Waals surface area contributed by atoms with E-state index in [4.69, 9.17) is 9.47 Å². The lowest BCUT2D eigenvalue weighted by atomic mass is 10.2. The number of nitrogens with one attached hydrogen (secondary N) is 2. The SMILES string of the molecule is CCOc1ccc(OC(C)C(=O)NNC(=O)c2ccc(I)cc2)cc1. The third-order valence-corrected chi connectivity index (χ3v) is 3.94. The van der Waals surface area contributed by atoms with Gasteiger partial charge in [0, 0.05) is 9.13 Å². The van der Waals surface area contributed by atoms with Gasteiger partial charge in [0.25, 0.3) is 11.8 Å². The number of carbonyl (C=O) groups is 2. The molecule has 7 heteroatoms. The van der Waals surface area contributed by atoms with E-state index in [0.29, 0.717) is 17.9 Å². The lowest BCUT2D eigenvalue weighted by Crippen LogP contribution is -2.47. The molecule has 0 bridgehead atoms. The van der Waals surface area contributed by atoms with Crippen molar-refractivity contribution in [2.75, 3.05) is 6.61 Å². The normalized spacial score (nSPS) is 11.3. The molecule has 25 heavy (non-hydrogen) atoms. The van der Waals surface area contributed by atoms with Crippen LogP contribution >= 0.6 is 22.6 Å². The van der Waals surface area contributed by atoms with E-state index in [2.05, 4.69) is 33.4 Å². The average molecular weight is 454 g/mol. The maximum atomic E-state index is 12.0. The highest BCUT2D eigenvalue weighted by Gasteiger charge is 2.16. The van der Waals surface area contributed by atoms with Gasteiger partial charge in [0.05, 0.1) is 6.61 Å². The summed E-state index contributed by atoms with van der Waals surface area (Å²) in [5.41, 5.74) is 5.19. The standard InChI is InChI=1S/C18H19IN2O4/c1-3-24-15-8-10-16(11-9-15)25-12(2)17(22)20-21-18(23)13-4-6-14(19)7-5-13/h4-12H,3H2,1-2H3,(H,20,22)(H,21,23). The molecule has 0 saturated carbocycles. The first kappa shape index (κ1) is 19.0. The molecule has 0 aromatic heterocycles. The third kappa shape index (κ3) is 5.93. The monoisotopic (exact) mass is 454 g/mol. The molecule has 0 aliphatic carbocycles. The zero-order valence-electron chi connectivity index (χ0n) is 13.9. The van der Waals surface area contributed by atoms with Crippen LogP contribution in [0, 0.1) is 3.57 Å². The van der Waals surface area contributed by atoms with Gasteiger partial charge in [-0.25, -0.2) is 0 Å². The highest BCUT2D eigenvalue weighted by atomic mass is 127. The Morgan fingerprint density at radius 3 is 2.20 bits per heavy atom. The van der Waals surface area contributed by atoms with E-state index in [0.717, 1.165) is 9.32 Å². The van der Waals surface area contributed by atoms with Crippen LogP contribution in [0.2, 0.25) is 0 Å². The van der Waals surface area contributed by atoms with Crippen molar-refractivity contribution in [1.82, 2.24) is 10.9 Å². The molecule has 1 unspecified atom stereocenters. The molecule has 0 saturated heterocycles. The summed E-state index contributed by atoms with van der Waals surface area (Å²) in [4.78, 5) is 24.0. The van der Waals surface area contributed by atoms with Crippen molar-refractivity contribution in [3.8, 4) is 11.5 Å². The summed E-state index contributed by atoms with van der Waals surface area (Å²) in [6.45, 7) is 4.09. The van der Waals surface area contributed by atoms with Crippen LogP contribution in [0.5, 0.6) is 11.5 Å². The van der Waals surface area contributed by atoms with E-state index in [1.165, 1.54) is 0 Å². The van der Waals surface area contributed by atoms with Crippen LogP contribution in [0.1, 0.15) is 24.2 Å². The zero-order chi connectivity index (χ0) is 18.2. The number of amides is 2. The molecule has 0 spiro atoms. The van der Waals surface area contributed by atoms with Crippen LogP contribution in [-0.2, 0) is 4.79 Å². The van der Waals surface area contributed by atoms with Crippen LogP contribution in [0.3, 0.4) is 0 Å². The highest BCUT2D eigenvalue weighted by molar-refractivity contribution is 14.1. The molecule has 0 heterocycles. The smallest absolute Gasteiger partial charge is 0.279 e. The van der Waals surface area contributed by atoms with Crippen LogP contribution in [-0.4, -0.2) is 24.5 Å². The first-order valence-corrected chi connectivity index (χ1v) is 8.82. The van der Waals surface area contributed by atoms with Crippen molar-refractivity contribution < 1.29 is 19.1 Å². The predicted octanol–water partition coefficient (Wildman–Crippen LogP) is 2.92. The molecule has 6 nitrogen and oxygen atoms in total. The van der Waals surface area contributed by atoms with E-state index in [1.807, 2.05) is 19.1 Å². The quantitative estimate of drug-likeness (QED) is 0.520. The molecule has 2 N–H and O–H groups in total. The number of benzene rings is 2. The summed E-state index contributed by atoms with van der Waals surface area (Å²) in [6.07, 6.45) is -0.769. The summed E-state index contributed by atoms with van der Waals surface area (Å²) in [5, 5.41) is 0. The van der Waals surface area contributed by atoms with Gasteiger partial charge in [-0.3, -0.25) is 20.4 Å². The van der Waals surface area contributed by atoms with Gasteiger partial charge in [-0.2, -0.15) is 0 Å². The molecule has 0 aliphatic heterocycles. The lowest BCUT2D eigenvalue weighted by Gasteiger charge is -2.15. The van der Waals surface area contributed by atoms with Crippen molar-refractivity contribution in [2.45, 2.75) is 20.0 Å². The molecule has 0 fully saturated rings. The summed E-state index contributed by atoms with van der Waals surface area (Å²) in [7, 11) is 0. The fourth-order valence-corrected chi connectivity index (χ4v) is 2.29. The number of hydrogen-bond acceptors (Lipinski definition) is 4. The first-order chi connectivity index (χ1) is 12.0. The van der Waals surface area contributed by atoms with Gasteiger partial charge in [-0.15, -0.1) is 0 Å². The van der Waals surface area contributed by atoms with Crippen LogP contribution in [0.25, 0.3) is 0 Å². The molecule has 2 aromatic rings. The molecular weight excluding hydrogens is 435 g/mol. The van der Waals surface area contributed by atoms with E-state index < -0.39 is 17.9 Å². The maximum Gasteiger partial charge on any atom is 0.279 e. The number of carbonyl (C=O) groups excluding carboxylic acids is 2. The van der Waals surface area contributed by atoms with E-state index >= 15 is 0 Å². The topological polar surface area (TPSA) is 76.7 Å². The average Bonchev–Trinajstić information content (AvgIpc) is 2.61. The van der Waals surface area contributed by atoms with Gasteiger partial charge in [-0.1, -0.05) is 0 Å². The maximum absolute atomic E-state index is 12.0. The minimum atomic E-state index is -0.769. The summed E-state index contributed by atoms with van der Waals surface area (Å²) < 4.78 is 11.9. The van der Waals surface area contributed by atoms with E-state index in [1.54, 1.807) is 43.3 Å². The van der Waals surface area contributed by atoms with Gasteiger partial charge < -0.3 is 9.47 Å². The molecule has 1 atom stereocenters. The second-order valence-corrected chi connectivity index (χ2v) is 6.36. The summed E-state index contributed by atoms with van der Waals surface area (Å²) in [5.74, 6) is 0.428. The van der Waals surface area contributed by atoms with Crippen molar-refractivity contribution in [3.05, 3.63) is 57.7 Å². The third-order valence-electron chi connectivity index (χ3n) is 3.22. The van der Waals surface area contributed by atoms with Gasteiger partial charge in [0.15, 0.2) is 6.10 Å². The van der Waals surface area contributed by atoms with E-state index in [-0.39, 0.29) is 0 Å². The summed E-state index contributed by atoms with van der Waals surface area (Å²) in [6, 6.07) is 14.0. The Labute approximate surface area is 160 Å². The molecular formula is C18H19IN2O4. The first-order valence-electron chi connectivity index (χ1n) is 7.75. The van der Waals surface area contributed by atoms with Crippen molar-refractivity contribution in [2.24, 2.45) is 0 Å². The number of hydrogen-bond donors (Lipinski definition) is 2. The Morgan fingerprint density at radius 2 is 1.60 bits per heavy atom.